The quantitative estimate of drug-likeness (QED) is 0.775. The van der Waals surface area contributed by atoms with Crippen molar-refractivity contribution in [3.63, 3.8) is 0 Å². The Bertz CT molecular complexity index is 345. The number of amides is 1. The van der Waals surface area contributed by atoms with E-state index in [0.717, 1.165) is 25.7 Å². The first-order valence-electron chi connectivity index (χ1n) is 7.86. The Labute approximate surface area is 127 Å². The second-order valence-corrected chi connectivity index (χ2v) is 7.03. The van der Waals surface area contributed by atoms with Gasteiger partial charge in [0.25, 0.3) is 0 Å². The lowest BCUT2D eigenvalue weighted by molar-refractivity contribution is -0.129. The van der Waals surface area contributed by atoms with Crippen LogP contribution in [0.15, 0.2) is 0 Å². The molecule has 0 aliphatic heterocycles. The van der Waals surface area contributed by atoms with E-state index >= 15 is 0 Å². The highest BCUT2D eigenvalue weighted by molar-refractivity contribution is 7.99. The molecule has 1 saturated carbocycles. The summed E-state index contributed by atoms with van der Waals surface area (Å²) in [6.45, 7) is 4.08. The average Bonchev–Trinajstić information content (AvgIpc) is 2.47. The number of rotatable bonds is 7. The van der Waals surface area contributed by atoms with Gasteiger partial charge in [0.05, 0.1) is 6.07 Å². The van der Waals surface area contributed by atoms with Gasteiger partial charge in [-0.05, 0) is 38.4 Å². The fraction of sp³-hybridized carbons (Fsp3) is 0.875. The van der Waals surface area contributed by atoms with E-state index in [1.54, 1.807) is 0 Å². The SMILES string of the molecule is CCCC(C#N)(CCC)C(=O)NC1CCCC(SC)C1. The average molecular weight is 296 g/mol. The fourth-order valence-electron chi connectivity index (χ4n) is 3.18. The molecule has 2 unspecified atom stereocenters. The number of carbonyl (C=O) groups is 1. The van der Waals surface area contributed by atoms with Crippen LogP contribution in [0.25, 0.3) is 0 Å². The van der Waals surface area contributed by atoms with Crippen molar-refractivity contribution in [2.24, 2.45) is 5.41 Å². The van der Waals surface area contributed by atoms with Gasteiger partial charge in [-0.1, -0.05) is 33.1 Å². The van der Waals surface area contributed by atoms with Gasteiger partial charge in [0, 0.05) is 11.3 Å². The van der Waals surface area contributed by atoms with E-state index in [1.165, 1.54) is 12.8 Å². The molecule has 1 rings (SSSR count). The molecule has 1 amide bonds. The van der Waals surface area contributed by atoms with Crippen molar-refractivity contribution < 1.29 is 4.79 Å². The van der Waals surface area contributed by atoms with Gasteiger partial charge < -0.3 is 5.32 Å². The van der Waals surface area contributed by atoms with Crippen LogP contribution in [0.5, 0.6) is 0 Å². The predicted molar refractivity (Wildman–Crippen MR) is 85.6 cm³/mol. The van der Waals surface area contributed by atoms with Crippen LogP contribution in [-0.2, 0) is 4.79 Å². The lowest BCUT2D eigenvalue weighted by Gasteiger charge is -2.32. The summed E-state index contributed by atoms with van der Waals surface area (Å²) in [5.74, 6) is -0.0320. The standard InChI is InChI=1S/C16H28N2OS/c1-4-9-16(12-17,10-5-2)15(19)18-13-7-6-8-14(11-13)20-3/h13-14H,4-11H2,1-3H3,(H,18,19). The molecule has 3 nitrogen and oxygen atoms in total. The van der Waals surface area contributed by atoms with Crippen LogP contribution >= 0.6 is 11.8 Å². The molecule has 2 atom stereocenters. The van der Waals surface area contributed by atoms with Gasteiger partial charge in [-0.15, -0.1) is 0 Å². The first-order valence-corrected chi connectivity index (χ1v) is 9.15. The zero-order valence-electron chi connectivity index (χ0n) is 13.1. The molecule has 0 aromatic carbocycles. The van der Waals surface area contributed by atoms with Crippen molar-refractivity contribution in [2.45, 2.75) is 76.5 Å². The van der Waals surface area contributed by atoms with Crippen LogP contribution < -0.4 is 5.32 Å². The van der Waals surface area contributed by atoms with E-state index < -0.39 is 5.41 Å². The van der Waals surface area contributed by atoms with E-state index in [0.29, 0.717) is 18.1 Å². The molecule has 0 spiro atoms. The molecule has 4 heteroatoms. The third kappa shape index (κ3) is 4.41. The maximum Gasteiger partial charge on any atom is 0.240 e. The van der Waals surface area contributed by atoms with Crippen molar-refractivity contribution in [3.8, 4) is 6.07 Å². The normalized spacial score (nSPS) is 23.1. The summed E-state index contributed by atoms with van der Waals surface area (Å²) < 4.78 is 0. The lowest BCUT2D eigenvalue weighted by Crippen LogP contribution is -2.47. The highest BCUT2D eigenvalue weighted by Crippen LogP contribution is 2.32. The third-order valence-electron chi connectivity index (χ3n) is 4.30. The van der Waals surface area contributed by atoms with Crippen LogP contribution in [0.2, 0.25) is 0 Å². The number of thioether (sulfide) groups is 1. The molecule has 1 fully saturated rings. The molecule has 20 heavy (non-hydrogen) atoms. The minimum atomic E-state index is -0.810. The van der Waals surface area contributed by atoms with Crippen LogP contribution in [0.1, 0.15) is 65.2 Å². The highest BCUT2D eigenvalue weighted by atomic mass is 32.2. The minimum absolute atomic E-state index is 0.0320. The van der Waals surface area contributed by atoms with Gasteiger partial charge in [-0.3, -0.25) is 4.79 Å². The summed E-state index contributed by atoms with van der Waals surface area (Å²) in [7, 11) is 0. The molecule has 0 bridgehead atoms. The van der Waals surface area contributed by atoms with Gasteiger partial charge in [-0.25, -0.2) is 0 Å². The fourth-order valence-corrected chi connectivity index (χ4v) is 4.01. The van der Waals surface area contributed by atoms with Crippen LogP contribution in [0.3, 0.4) is 0 Å². The Hall–Kier alpha value is -0.690. The largest absolute Gasteiger partial charge is 0.352 e. The Kier molecular flexibility index (Phi) is 7.43. The second-order valence-electron chi connectivity index (χ2n) is 5.89. The summed E-state index contributed by atoms with van der Waals surface area (Å²) in [6, 6.07) is 2.57. The molecule has 114 valence electrons. The molecule has 1 aliphatic rings. The van der Waals surface area contributed by atoms with Crippen LogP contribution in [0, 0.1) is 16.7 Å². The first-order chi connectivity index (χ1) is 9.61. The molecule has 1 N–H and O–H groups in total. The second kappa shape index (κ2) is 8.56. The summed E-state index contributed by atoms with van der Waals surface area (Å²) in [4.78, 5) is 12.6. The molecule has 0 radical (unpaired) electrons. The van der Waals surface area contributed by atoms with E-state index in [-0.39, 0.29) is 11.9 Å². The number of hydrogen-bond acceptors (Lipinski definition) is 3. The van der Waals surface area contributed by atoms with Crippen molar-refractivity contribution in [2.75, 3.05) is 6.26 Å². The summed E-state index contributed by atoms with van der Waals surface area (Å²) in [5.41, 5.74) is -0.810. The molecule has 0 saturated heterocycles. The molecular weight excluding hydrogens is 268 g/mol. The van der Waals surface area contributed by atoms with Crippen LogP contribution in [0.4, 0.5) is 0 Å². The van der Waals surface area contributed by atoms with Gasteiger partial charge in [-0.2, -0.15) is 17.0 Å². The number of nitrogens with zero attached hydrogens (tertiary/aromatic N) is 1. The Morgan fingerprint density at radius 1 is 1.35 bits per heavy atom. The van der Waals surface area contributed by atoms with Gasteiger partial charge in [0.15, 0.2) is 0 Å². The Balaban J connectivity index is 2.68. The van der Waals surface area contributed by atoms with E-state index in [1.807, 2.05) is 25.6 Å². The van der Waals surface area contributed by atoms with Crippen LogP contribution in [-0.4, -0.2) is 23.5 Å². The Morgan fingerprint density at radius 2 is 2.00 bits per heavy atom. The summed E-state index contributed by atoms with van der Waals surface area (Å²) in [5, 5.41) is 13.3. The lowest BCUT2D eigenvalue weighted by atomic mass is 9.79. The van der Waals surface area contributed by atoms with E-state index in [2.05, 4.69) is 17.6 Å². The Morgan fingerprint density at radius 3 is 2.50 bits per heavy atom. The highest BCUT2D eigenvalue weighted by Gasteiger charge is 2.38. The van der Waals surface area contributed by atoms with Crippen molar-refractivity contribution in [3.05, 3.63) is 0 Å². The summed E-state index contributed by atoms with van der Waals surface area (Å²) >= 11 is 1.89. The molecule has 0 aromatic heterocycles. The minimum Gasteiger partial charge on any atom is -0.352 e. The van der Waals surface area contributed by atoms with E-state index in [4.69, 9.17) is 0 Å². The molecular formula is C16H28N2OS. The molecule has 0 heterocycles. The number of nitrogens with one attached hydrogen (secondary N) is 1. The zero-order valence-corrected chi connectivity index (χ0v) is 13.9. The van der Waals surface area contributed by atoms with Gasteiger partial charge >= 0.3 is 0 Å². The number of nitriles is 1. The molecule has 0 aromatic rings. The third-order valence-corrected chi connectivity index (χ3v) is 5.39. The van der Waals surface area contributed by atoms with Crippen molar-refractivity contribution >= 4 is 17.7 Å². The topological polar surface area (TPSA) is 52.9 Å². The van der Waals surface area contributed by atoms with Crippen molar-refractivity contribution in [1.29, 1.82) is 5.26 Å². The zero-order chi connectivity index (χ0) is 15.0. The predicted octanol–water partition coefficient (Wildman–Crippen LogP) is 3.89. The smallest absolute Gasteiger partial charge is 0.240 e. The van der Waals surface area contributed by atoms with Crippen molar-refractivity contribution in [1.82, 2.24) is 5.32 Å². The number of carbonyl (C=O) groups excluding carboxylic acids is 1. The maximum absolute atomic E-state index is 12.6. The first kappa shape index (κ1) is 17.4. The maximum atomic E-state index is 12.6. The molecule has 1 aliphatic carbocycles. The summed E-state index contributed by atoms with van der Waals surface area (Å²) in [6.07, 6.45) is 9.76. The monoisotopic (exact) mass is 296 g/mol. The van der Waals surface area contributed by atoms with Gasteiger partial charge in [0.1, 0.15) is 5.41 Å². The van der Waals surface area contributed by atoms with Gasteiger partial charge in [0.2, 0.25) is 5.91 Å². The number of hydrogen-bond donors (Lipinski definition) is 1. The van der Waals surface area contributed by atoms with E-state index in [9.17, 15) is 10.1 Å².